The number of ether oxygens (including phenoxy) is 1. The normalized spacial score (nSPS) is 16.1. The second-order valence-corrected chi connectivity index (χ2v) is 5.27. The minimum absolute atomic E-state index is 0.120. The van der Waals surface area contributed by atoms with Crippen LogP contribution in [0.4, 0.5) is 0 Å². The van der Waals surface area contributed by atoms with Crippen LogP contribution in [0.15, 0.2) is 36.7 Å². The van der Waals surface area contributed by atoms with Crippen LogP contribution < -0.4 is 10.1 Å². The molecule has 1 atom stereocenters. The van der Waals surface area contributed by atoms with E-state index < -0.39 is 0 Å². The predicted molar refractivity (Wildman–Crippen MR) is 78.8 cm³/mol. The summed E-state index contributed by atoms with van der Waals surface area (Å²) < 4.78 is 7.85. The molecule has 20 heavy (non-hydrogen) atoms. The Balaban J connectivity index is 1.81. The van der Waals surface area contributed by atoms with Crippen molar-refractivity contribution in [2.45, 2.75) is 31.9 Å². The number of nitrogens with zero attached hydrogens (tertiary/aromatic N) is 2. The highest BCUT2D eigenvalue weighted by Crippen LogP contribution is 2.28. The Bertz CT molecular complexity index is 557. The average Bonchev–Trinajstić information content (AvgIpc) is 3.17. The lowest BCUT2D eigenvalue weighted by atomic mass is 10.1. The SMILES string of the molecule is CCNC(c1ccc(OC2CC2)cc1)c1nccn1C. The monoisotopic (exact) mass is 271 g/mol. The van der Waals surface area contributed by atoms with E-state index in [1.54, 1.807) is 0 Å². The maximum absolute atomic E-state index is 5.79. The highest BCUT2D eigenvalue weighted by molar-refractivity contribution is 5.32. The van der Waals surface area contributed by atoms with Crippen molar-refractivity contribution in [1.29, 1.82) is 0 Å². The molecule has 1 saturated carbocycles. The fourth-order valence-corrected chi connectivity index (χ4v) is 2.33. The molecular formula is C16H21N3O. The largest absolute Gasteiger partial charge is 0.490 e. The van der Waals surface area contributed by atoms with E-state index in [-0.39, 0.29) is 6.04 Å². The fourth-order valence-electron chi connectivity index (χ4n) is 2.33. The summed E-state index contributed by atoms with van der Waals surface area (Å²) in [6.45, 7) is 3.01. The van der Waals surface area contributed by atoms with Gasteiger partial charge in [-0.15, -0.1) is 0 Å². The fraction of sp³-hybridized carbons (Fsp3) is 0.438. The summed E-state index contributed by atoms with van der Waals surface area (Å²) in [4.78, 5) is 4.46. The number of aromatic nitrogens is 2. The van der Waals surface area contributed by atoms with Gasteiger partial charge in [0.05, 0.1) is 12.1 Å². The van der Waals surface area contributed by atoms with Crippen LogP contribution in [0.3, 0.4) is 0 Å². The average molecular weight is 271 g/mol. The first-order chi connectivity index (χ1) is 9.78. The first-order valence-corrected chi connectivity index (χ1v) is 7.25. The molecule has 1 fully saturated rings. The summed E-state index contributed by atoms with van der Waals surface area (Å²) in [7, 11) is 2.03. The molecule has 3 rings (SSSR count). The van der Waals surface area contributed by atoms with Gasteiger partial charge in [0.25, 0.3) is 0 Å². The molecule has 1 aromatic heterocycles. The van der Waals surface area contributed by atoms with Crippen molar-refractivity contribution in [3.63, 3.8) is 0 Å². The van der Waals surface area contributed by atoms with Crippen LogP contribution in [0.25, 0.3) is 0 Å². The van der Waals surface area contributed by atoms with Crippen LogP contribution in [0.5, 0.6) is 5.75 Å². The van der Waals surface area contributed by atoms with Gasteiger partial charge in [0.15, 0.2) is 0 Å². The van der Waals surface area contributed by atoms with E-state index in [0.29, 0.717) is 6.10 Å². The van der Waals surface area contributed by atoms with Gasteiger partial charge in [-0.05, 0) is 37.1 Å². The van der Waals surface area contributed by atoms with Crippen LogP contribution in [-0.2, 0) is 7.05 Å². The molecule has 4 nitrogen and oxygen atoms in total. The summed E-state index contributed by atoms with van der Waals surface area (Å²) in [6, 6.07) is 8.48. The summed E-state index contributed by atoms with van der Waals surface area (Å²) in [5.74, 6) is 1.99. The van der Waals surface area contributed by atoms with Crippen LogP contribution >= 0.6 is 0 Å². The summed E-state index contributed by atoms with van der Waals surface area (Å²) in [6.07, 6.45) is 6.64. The van der Waals surface area contributed by atoms with E-state index in [0.717, 1.165) is 18.1 Å². The molecule has 0 radical (unpaired) electrons. The standard InChI is InChI=1S/C16H21N3O/c1-3-17-15(16-18-10-11-19(16)2)12-4-6-13(7-5-12)20-14-8-9-14/h4-7,10-11,14-15,17H,3,8-9H2,1-2H3. The van der Waals surface area contributed by atoms with Crippen molar-refractivity contribution in [1.82, 2.24) is 14.9 Å². The lowest BCUT2D eigenvalue weighted by Crippen LogP contribution is -2.24. The van der Waals surface area contributed by atoms with Crippen molar-refractivity contribution in [2.75, 3.05) is 6.54 Å². The molecule has 1 heterocycles. The third-order valence-electron chi connectivity index (χ3n) is 3.57. The summed E-state index contributed by atoms with van der Waals surface area (Å²) >= 11 is 0. The lowest BCUT2D eigenvalue weighted by Gasteiger charge is -2.18. The molecule has 4 heteroatoms. The molecule has 1 aliphatic rings. The Morgan fingerprint density at radius 3 is 2.65 bits per heavy atom. The molecule has 1 unspecified atom stereocenters. The Morgan fingerprint density at radius 2 is 2.10 bits per heavy atom. The number of aryl methyl sites for hydroxylation is 1. The molecule has 1 aliphatic carbocycles. The van der Waals surface area contributed by atoms with Gasteiger partial charge in [-0.3, -0.25) is 0 Å². The van der Waals surface area contributed by atoms with E-state index in [2.05, 4.69) is 46.1 Å². The molecule has 106 valence electrons. The van der Waals surface area contributed by atoms with E-state index in [4.69, 9.17) is 4.74 Å². The Kier molecular flexibility index (Phi) is 3.74. The first kappa shape index (κ1) is 13.2. The first-order valence-electron chi connectivity index (χ1n) is 7.25. The molecule has 2 aromatic rings. The maximum atomic E-state index is 5.79. The number of nitrogens with one attached hydrogen (secondary N) is 1. The van der Waals surface area contributed by atoms with Gasteiger partial charge in [-0.1, -0.05) is 19.1 Å². The lowest BCUT2D eigenvalue weighted by molar-refractivity contribution is 0.303. The smallest absolute Gasteiger partial charge is 0.130 e. The van der Waals surface area contributed by atoms with E-state index >= 15 is 0 Å². The summed E-state index contributed by atoms with van der Waals surface area (Å²) in [5.41, 5.74) is 1.21. The number of rotatable bonds is 6. The molecule has 0 amide bonds. The van der Waals surface area contributed by atoms with Crippen molar-refractivity contribution < 1.29 is 4.74 Å². The second kappa shape index (κ2) is 5.67. The predicted octanol–water partition coefficient (Wildman–Crippen LogP) is 2.66. The number of hydrogen-bond donors (Lipinski definition) is 1. The van der Waals surface area contributed by atoms with Crippen molar-refractivity contribution in [3.8, 4) is 5.75 Å². The van der Waals surface area contributed by atoms with E-state index in [9.17, 15) is 0 Å². The van der Waals surface area contributed by atoms with Gasteiger partial charge < -0.3 is 14.6 Å². The van der Waals surface area contributed by atoms with Crippen molar-refractivity contribution in [3.05, 3.63) is 48.0 Å². The summed E-state index contributed by atoms with van der Waals surface area (Å²) in [5, 5.41) is 3.49. The molecule has 0 bridgehead atoms. The minimum atomic E-state index is 0.120. The van der Waals surface area contributed by atoms with Crippen LogP contribution in [-0.4, -0.2) is 22.2 Å². The Hall–Kier alpha value is -1.81. The zero-order chi connectivity index (χ0) is 13.9. The van der Waals surface area contributed by atoms with Crippen molar-refractivity contribution >= 4 is 0 Å². The van der Waals surface area contributed by atoms with Crippen LogP contribution in [0, 0.1) is 0 Å². The number of imidazole rings is 1. The molecule has 1 aromatic carbocycles. The van der Waals surface area contributed by atoms with E-state index in [1.807, 2.05) is 19.4 Å². The molecule has 0 aliphatic heterocycles. The second-order valence-electron chi connectivity index (χ2n) is 5.27. The Labute approximate surface area is 119 Å². The van der Waals surface area contributed by atoms with Crippen molar-refractivity contribution in [2.24, 2.45) is 7.05 Å². The zero-order valence-electron chi connectivity index (χ0n) is 12.0. The molecular weight excluding hydrogens is 250 g/mol. The van der Waals surface area contributed by atoms with Crippen LogP contribution in [0.2, 0.25) is 0 Å². The zero-order valence-corrected chi connectivity index (χ0v) is 12.0. The van der Waals surface area contributed by atoms with Gasteiger partial charge in [0, 0.05) is 19.4 Å². The molecule has 1 N–H and O–H groups in total. The highest BCUT2D eigenvalue weighted by atomic mass is 16.5. The van der Waals surface area contributed by atoms with Gasteiger partial charge in [-0.2, -0.15) is 0 Å². The third kappa shape index (κ3) is 2.85. The topological polar surface area (TPSA) is 39.1 Å². The van der Waals surface area contributed by atoms with E-state index in [1.165, 1.54) is 18.4 Å². The van der Waals surface area contributed by atoms with Crippen LogP contribution in [0.1, 0.15) is 37.2 Å². The quantitative estimate of drug-likeness (QED) is 0.878. The molecule has 0 spiro atoms. The number of hydrogen-bond acceptors (Lipinski definition) is 3. The van der Waals surface area contributed by atoms with Gasteiger partial charge in [-0.25, -0.2) is 4.98 Å². The van der Waals surface area contributed by atoms with Gasteiger partial charge in [0.2, 0.25) is 0 Å². The Morgan fingerprint density at radius 1 is 1.35 bits per heavy atom. The van der Waals surface area contributed by atoms with Gasteiger partial charge in [0.1, 0.15) is 11.6 Å². The van der Waals surface area contributed by atoms with Gasteiger partial charge >= 0.3 is 0 Å². The molecule has 0 saturated heterocycles. The number of benzene rings is 1. The maximum Gasteiger partial charge on any atom is 0.130 e. The highest BCUT2D eigenvalue weighted by Gasteiger charge is 2.23. The minimum Gasteiger partial charge on any atom is -0.490 e. The third-order valence-corrected chi connectivity index (χ3v) is 3.57.